The van der Waals surface area contributed by atoms with Gasteiger partial charge in [0.1, 0.15) is 17.8 Å². The van der Waals surface area contributed by atoms with Crippen molar-refractivity contribution in [1.29, 1.82) is 0 Å². The number of aromatic amines is 1. The zero-order chi connectivity index (χ0) is 24.7. The second kappa shape index (κ2) is 9.21. The summed E-state index contributed by atoms with van der Waals surface area (Å²) < 4.78 is 70.1. The minimum atomic E-state index is -4.45. The first-order valence-corrected chi connectivity index (χ1v) is 12.9. The Morgan fingerprint density at radius 1 is 1.26 bits per heavy atom. The van der Waals surface area contributed by atoms with Gasteiger partial charge in [-0.05, 0) is 56.7 Å². The van der Waals surface area contributed by atoms with Crippen molar-refractivity contribution in [2.24, 2.45) is 11.7 Å². The van der Waals surface area contributed by atoms with E-state index in [4.69, 9.17) is 10.3 Å². The molecule has 0 amide bonds. The van der Waals surface area contributed by atoms with Crippen LogP contribution in [-0.4, -0.2) is 48.1 Å². The molecule has 1 atom stereocenters. The van der Waals surface area contributed by atoms with Crippen molar-refractivity contribution >= 4 is 26.8 Å². The lowest BCUT2D eigenvalue weighted by molar-refractivity contribution is -0.115. The average molecular weight is 500 g/mol. The van der Waals surface area contributed by atoms with Gasteiger partial charge in [-0.25, -0.2) is 13.4 Å². The van der Waals surface area contributed by atoms with E-state index in [1.54, 1.807) is 19.9 Å². The highest BCUT2D eigenvalue weighted by Crippen LogP contribution is 2.35. The number of imidazole rings is 1. The van der Waals surface area contributed by atoms with E-state index >= 15 is 0 Å². The summed E-state index contributed by atoms with van der Waals surface area (Å²) in [5, 5.41) is 6.11. The Hall–Kier alpha value is -2.60. The van der Waals surface area contributed by atoms with Crippen molar-refractivity contribution in [2.75, 3.05) is 17.6 Å². The fourth-order valence-electron chi connectivity index (χ4n) is 4.65. The van der Waals surface area contributed by atoms with Gasteiger partial charge in [-0.15, -0.1) is 0 Å². The van der Waals surface area contributed by atoms with E-state index in [0.717, 1.165) is 25.7 Å². The number of H-pyrrole nitrogens is 1. The van der Waals surface area contributed by atoms with E-state index in [2.05, 4.69) is 20.4 Å². The molecular weight excluding hydrogens is 471 g/mol. The molecule has 4 rings (SSSR count). The van der Waals surface area contributed by atoms with Crippen LogP contribution in [0, 0.1) is 19.8 Å². The standard InChI is InChI=1S/C22H28F3N5O3S/c1-12-19(13(2)33-30-12)15-9-17-20(29-21(28-17)27-11-22(23,24)25)18(10-15)34(31,32)8-7-16(26)14-5-3-4-6-14/h9-10,14,16H,3-8,11,26H2,1-2H3,(H2,27,28,29)/t16-/m1/s1. The van der Waals surface area contributed by atoms with Gasteiger partial charge in [0.05, 0.1) is 21.9 Å². The number of nitrogens with zero attached hydrogens (tertiary/aromatic N) is 2. The Morgan fingerprint density at radius 3 is 2.59 bits per heavy atom. The number of anilines is 1. The predicted molar refractivity (Wildman–Crippen MR) is 122 cm³/mol. The van der Waals surface area contributed by atoms with Gasteiger partial charge in [-0.3, -0.25) is 0 Å². The molecule has 2 aromatic heterocycles. The number of nitrogens with two attached hydrogens (primary N) is 1. The molecule has 1 aliphatic carbocycles. The smallest absolute Gasteiger partial charge is 0.361 e. The van der Waals surface area contributed by atoms with Crippen LogP contribution in [0.2, 0.25) is 0 Å². The van der Waals surface area contributed by atoms with Crippen molar-refractivity contribution in [3.63, 3.8) is 0 Å². The van der Waals surface area contributed by atoms with Crippen LogP contribution in [0.25, 0.3) is 22.2 Å². The van der Waals surface area contributed by atoms with Crippen LogP contribution in [-0.2, 0) is 9.84 Å². The van der Waals surface area contributed by atoms with Crippen LogP contribution in [0.4, 0.5) is 19.1 Å². The third-order valence-corrected chi connectivity index (χ3v) is 8.14. The summed E-state index contributed by atoms with van der Waals surface area (Å²) in [6.07, 6.45) is 0.0549. The first kappa shape index (κ1) is 24.5. The lowest BCUT2D eigenvalue weighted by Gasteiger charge is -2.18. The Labute approximate surface area is 195 Å². The summed E-state index contributed by atoms with van der Waals surface area (Å²) in [6.45, 7) is 2.13. The molecule has 34 heavy (non-hydrogen) atoms. The summed E-state index contributed by atoms with van der Waals surface area (Å²) >= 11 is 0. The van der Waals surface area contributed by atoms with Crippen LogP contribution in [0.1, 0.15) is 43.6 Å². The van der Waals surface area contributed by atoms with Crippen LogP contribution >= 0.6 is 0 Å². The summed E-state index contributed by atoms with van der Waals surface area (Å²) in [4.78, 5) is 6.85. The molecule has 0 aliphatic heterocycles. The lowest BCUT2D eigenvalue weighted by Crippen LogP contribution is -2.30. The highest BCUT2D eigenvalue weighted by Gasteiger charge is 2.29. The summed E-state index contributed by atoms with van der Waals surface area (Å²) in [5.74, 6) is 0.469. The normalized spacial score (nSPS) is 16.4. The third kappa shape index (κ3) is 5.22. The zero-order valence-corrected chi connectivity index (χ0v) is 19.8. The number of hydrogen-bond donors (Lipinski definition) is 3. The number of aromatic nitrogens is 3. The van der Waals surface area contributed by atoms with Crippen molar-refractivity contribution < 1.29 is 26.1 Å². The van der Waals surface area contributed by atoms with Crippen molar-refractivity contribution in [3.8, 4) is 11.1 Å². The van der Waals surface area contributed by atoms with Gasteiger partial charge >= 0.3 is 6.18 Å². The van der Waals surface area contributed by atoms with E-state index < -0.39 is 22.6 Å². The number of benzene rings is 1. The average Bonchev–Trinajstić information content (AvgIpc) is 3.49. The number of sulfone groups is 1. The van der Waals surface area contributed by atoms with Crippen molar-refractivity contribution in [3.05, 3.63) is 23.6 Å². The van der Waals surface area contributed by atoms with Gasteiger partial charge in [0, 0.05) is 11.6 Å². The monoisotopic (exact) mass is 499 g/mol. The molecule has 1 aliphatic rings. The summed E-state index contributed by atoms with van der Waals surface area (Å²) in [7, 11) is -3.84. The summed E-state index contributed by atoms with van der Waals surface area (Å²) in [6, 6.07) is 2.90. The molecule has 1 aromatic carbocycles. The highest BCUT2D eigenvalue weighted by atomic mass is 32.2. The highest BCUT2D eigenvalue weighted by molar-refractivity contribution is 7.91. The number of alkyl halides is 3. The number of nitrogens with one attached hydrogen (secondary N) is 2. The third-order valence-electron chi connectivity index (χ3n) is 6.39. The SMILES string of the molecule is Cc1noc(C)c1-c1cc(S(=O)(=O)CC[C@@H](N)C2CCCC2)c2nc(NCC(F)(F)F)[nH]c2c1. The Kier molecular flexibility index (Phi) is 6.65. The molecule has 12 heteroatoms. The van der Waals surface area contributed by atoms with E-state index in [0.29, 0.717) is 40.4 Å². The molecule has 186 valence electrons. The van der Waals surface area contributed by atoms with Gasteiger partial charge in [0.2, 0.25) is 5.95 Å². The number of rotatable bonds is 8. The number of fused-ring (bicyclic) bond motifs is 1. The fourth-order valence-corrected chi connectivity index (χ4v) is 6.21. The minimum absolute atomic E-state index is 0.0602. The molecule has 2 heterocycles. The quantitative estimate of drug-likeness (QED) is 0.417. The van der Waals surface area contributed by atoms with Gasteiger partial charge in [-0.1, -0.05) is 18.0 Å². The predicted octanol–water partition coefficient (Wildman–Crippen LogP) is 4.49. The Balaban J connectivity index is 1.73. The number of aryl methyl sites for hydroxylation is 2. The van der Waals surface area contributed by atoms with Gasteiger partial charge in [0.25, 0.3) is 0 Å². The van der Waals surface area contributed by atoms with Crippen LogP contribution in [0.15, 0.2) is 21.6 Å². The zero-order valence-electron chi connectivity index (χ0n) is 19.0. The maximum Gasteiger partial charge on any atom is 0.405 e. The number of halogens is 3. The molecule has 0 spiro atoms. The maximum atomic E-state index is 13.4. The first-order chi connectivity index (χ1) is 15.9. The molecule has 0 bridgehead atoms. The largest absolute Gasteiger partial charge is 0.405 e. The molecule has 3 aromatic rings. The van der Waals surface area contributed by atoms with Gasteiger partial charge < -0.3 is 20.6 Å². The van der Waals surface area contributed by atoms with Crippen LogP contribution < -0.4 is 11.1 Å². The molecule has 8 nitrogen and oxygen atoms in total. The topological polar surface area (TPSA) is 127 Å². The lowest BCUT2D eigenvalue weighted by atomic mass is 9.97. The fraction of sp³-hybridized carbons (Fsp3) is 0.545. The summed E-state index contributed by atoms with van der Waals surface area (Å²) in [5.41, 5.74) is 8.37. The van der Waals surface area contributed by atoms with Crippen molar-refractivity contribution in [2.45, 2.75) is 63.1 Å². The minimum Gasteiger partial charge on any atom is -0.361 e. The van der Waals surface area contributed by atoms with E-state index in [9.17, 15) is 21.6 Å². The molecule has 1 fully saturated rings. The van der Waals surface area contributed by atoms with Crippen LogP contribution in [0.3, 0.4) is 0 Å². The second-order valence-corrected chi connectivity index (χ2v) is 11.0. The number of hydrogen-bond acceptors (Lipinski definition) is 7. The first-order valence-electron chi connectivity index (χ1n) is 11.2. The molecular formula is C22H28F3N5O3S. The van der Waals surface area contributed by atoms with E-state index in [1.165, 1.54) is 6.07 Å². The molecule has 1 saturated carbocycles. The van der Waals surface area contributed by atoms with Crippen LogP contribution in [0.5, 0.6) is 0 Å². The van der Waals surface area contributed by atoms with E-state index in [1.807, 2.05) is 0 Å². The Morgan fingerprint density at radius 2 is 1.97 bits per heavy atom. The van der Waals surface area contributed by atoms with Gasteiger partial charge in [-0.2, -0.15) is 13.2 Å². The second-order valence-electron chi connectivity index (χ2n) is 8.94. The van der Waals surface area contributed by atoms with Gasteiger partial charge in [0.15, 0.2) is 9.84 Å². The maximum absolute atomic E-state index is 13.4. The molecule has 0 unspecified atom stereocenters. The molecule has 0 radical (unpaired) electrons. The molecule has 4 N–H and O–H groups in total. The van der Waals surface area contributed by atoms with Crippen molar-refractivity contribution in [1.82, 2.24) is 15.1 Å². The van der Waals surface area contributed by atoms with E-state index in [-0.39, 0.29) is 28.2 Å². The molecule has 0 saturated heterocycles. The Bertz CT molecular complexity index is 1260.